The van der Waals surface area contributed by atoms with Crippen molar-refractivity contribution in [3.8, 4) is 0 Å². The lowest BCUT2D eigenvalue weighted by atomic mass is 9.62. The van der Waals surface area contributed by atoms with Crippen molar-refractivity contribution in [1.82, 2.24) is 9.88 Å². The van der Waals surface area contributed by atoms with E-state index in [4.69, 9.17) is 0 Å². The largest absolute Gasteiger partial charge is 0.465 e. The number of halogens is 1. The summed E-state index contributed by atoms with van der Waals surface area (Å²) in [5.74, 6) is 0. The molecule has 2 saturated heterocycles. The normalized spacial score (nSPS) is 20.5. The summed E-state index contributed by atoms with van der Waals surface area (Å²) in [7, 11) is 0. The van der Waals surface area contributed by atoms with Crippen LogP contribution >= 0.6 is 15.9 Å². The number of pyridine rings is 1. The molecule has 4 rings (SSSR count). The Morgan fingerprint density at radius 1 is 1.14 bits per heavy atom. The van der Waals surface area contributed by atoms with Crippen LogP contribution in [0.3, 0.4) is 0 Å². The molecule has 1 unspecified atom stereocenters. The Hall–Kier alpha value is -2.12. The summed E-state index contributed by atoms with van der Waals surface area (Å²) >= 11 is 3.45. The topological polar surface area (TPSA) is 76.9 Å². The number of hydrogen-bond acceptors (Lipinski definition) is 4. The lowest BCUT2D eigenvalue weighted by Crippen LogP contribution is -2.66. The first-order chi connectivity index (χ1) is 13.3. The maximum atomic E-state index is 12.1. The quantitative estimate of drug-likeness (QED) is 0.750. The number of nitrogens with zero attached hydrogens (tertiary/aromatic N) is 3. The third-order valence-corrected chi connectivity index (χ3v) is 6.63. The number of aliphatic hydroxyl groups is 1. The minimum absolute atomic E-state index is 0.267. The molecule has 2 aliphatic rings. The number of amides is 1. The molecule has 1 atom stereocenters. The van der Waals surface area contributed by atoms with Crippen molar-refractivity contribution < 1.29 is 15.0 Å². The van der Waals surface area contributed by atoms with E-state index in [9.17, 15) is 15.0 Å². The van der Waals surface area contributed by atoms with Crippen molar-refractivity contribution in [2.24, 2.45) is 5.41 Å². The van der Waals surface area contributed by atoms with Crippen molar-refractivity contribution in [2.75, 3.05) is 31.1 Å². The fraction of sp³-hybridized carbons (Fsp3) is 0.429. The molecule has 0 spiro atoms. The molecule has 1 aromatic heterocycles. The molecule has 7 heteroatoms. The van der Waals surface area contributed by atoms with Gasteiger partial charge in [-0.3, -0.25) is 4.98 Å². The van der Waals surface area contributed by atoms with E-state index < -0.39 is 17.1 Å². The highest BCUT2D eigenvalue weighted by molar-refractivity contribution is 9.10. The molecule has 28 heavy (non-hydrogen) atoms. The van der Waals surface area contributed by atoms with Crippen LogP contribution in [0.4, 0.5) is 10.5 Å². The van der Waals surface area contributed by atoms with Gasteiger partial charge in [-0.25, -0.2) is 4.79 Å². The molecule has 1 amide bonds. The molecule has 0 aliphatic carbocycles. The second-order valence-electron chi connectivity index (χ2n) is 8.04. The Bertz CT molecular complexity index is 877. The molecular formula is C21H24BrN3O3. The maximum absolute atomic E-state index is 12.1. The molecule has 148 valence electrons. The van der Waals surface area contributed by atoms with Gasteiger partial charge in [0.15, 0.2) is 0 Å². The fourth-order valence-electron chi connectivity index (χ4n) is 4.49. The van der Waals surface area contributed by atoms with Gasteiger partial charge < -0.3 is 20.0 Å². The van der Waals surface area contributed by atoms with Crippen LogP contribution in [-0.2, 0) is 5.60 Å². The van der Waals surface area contributed by atoms with Crippen molar-refractivity contribution >= 4 is 27.7 Å². The van der Waals surface area contributed by atoms with E-state index in [1.165, 1.54) is 4.90 Å². The van der Waals surface area contributed by atoms with Crippen molar-refractivity contribution in [2.45, 2.75) is 25.4 Å². The predicted molar refractivity (Wildman–Crippen MR) is 111 cm³/mol. The number of hydrogen-bond donors (Lipinski definition) is 2. The van der Waals surface area contributed by atoms with Gasteiger partial charge in [-0.2, -0.15) is 0 Å². The fourth-order valence-corrected chi connectivity index (χ4v) is 4.75. The summed E-state index contributed by atoms with van der Waals surface area (Å²) in [6.07, 6.45) is 4.90. The Morgan fingerprint density at radius 3 is 2.39 bits per heavy atom. The van der Waals surface area contributed by atoms with Crippen LogP contribution < -0.4 is 4.90 Å². The monoisotopic (exact) mass is 445 g/mol. The molecule has 2 aliphatic heterocycles. The Morgan fingerprint density at radius 2 is 1.79 bits per heavy atom. The van der Waals surface area contributed by atoms with Crippen LogP contribution in [0.2, 0.25) is 0 Å². The third-order valence-electron chi connectivity index (χ3n) is 6.10. The van der Waals surface area contributed by atoms with Crippen LogP contribution in [0.1, 0.15) is 30.9 Å². The summed E-state index contributed by atoms with van der Waals surface area (Å²) in [5, 5.41) is 21.4. The summed E-state index contributed by atoms with van der Waals surface area (Å²) in [4.78, 5) is 19.4. The zero-order valence-corrected chi connectivity index (χ0v) is 17.4. The number of rotatable bonds is 4. The van der Waals surface area contributed by atoms with Crippen molar-refractivity contribution in [3.05, 3.63) is 58.3 Å². The average molecular weight is 446 g/mol. The number of likely N-dealkylation sites (tertiary alicyclic amines) is 1. The minimum Gasteiger partial charge on any atom is -0.465 e. The standard InChI is InChI=1S/C21H24BrN3O3/c1-20(13-25(14-20)19(26)27)21(28,15-4-6-17(22)7-5-15)16-10-18(12-23-11-16)24-8-2-3-9-24/h4-7,10-12,28H,2-3,8-9,13-14H2,1H3,(H,26,27). The second kappa shape index (κ2) is 7.04. The highest BCUT2D eigenvalue weighted by Gasteiger charge is 2.57. The van der Waals surface area contributed by atoms with Crippen molar-refractivity contribution in [1.29, 1.82) is 0 Å². The summed E-state index contributed by atoms with van der Waals surface area (Å²) in [6.45, 7) is 4.46. The molecule has 0 saturated carbocycles. The van der Waals surface area contributed by atoms with Gasteiger partial charge in [-0.1, -0.05) is 35.0 Å². The highest BCUT2D eigenvalue weighted by atomic mass is 79.9. The van der Waals surface area contributed by atoms with Crippen LogP contribution in [0.5, 0.6) is 0 Å². The van der Waals surface area contributed by atoms with E-state index in [-0.39, 0.29) is 13.1 Å². The minimum atomic E-state index is -1.34. The maximum Gasteiger partial charge on any atom is 0.407 e. The van der Waals surface area contributed by atoms with E-state index in [1.54, 1.807) is 6.20 Å². The number of aromatic nitrogens is 1. The zero-order valence-electron chi connectivity index (χ0n) is 15.8. The van der Waals surface area contributed by atoms with Gasteiger partial charge in [0.05, 0.1) is 11.9 Å². The van der Waals surface area contributed by atoms with Crippen molar-refractivity contribution in [3.63, 3.8) is 0 Å². The van der Waals surface area contributed by atoms with Gasteiger partial charge in [0.2, 0.25) is 0 Å². The molecule has 2 aromatic rings. The Balaban J connectivity index is 1.79. The Labute approximate surface area is 172 Å². The zero-order chi connectivity index (χ0) is 19.9. The first-order valence-electron chi connectivity index (χ1n) is 9.50. The summed E-state index contributed by atoms with van der Waals surface area (Å²) in [6, 6.07) is 9.59. The Kier molecular flexibility index (Phi) is 4.83. The van der Waals surface area contributed by atoms with E-state index in [2.05, 4.69) is 25.8 Å². The number of anilines is 1. The van der Waals surface area contributed by atoms with Gasteiger partial charge in [0.1, 0.15) is 5.60 Å². The molecule has 3 heterocycles. The third kappa shape index (κ3) is 3.06. The molecular weight excluding hydrogens is 422 g/mol. The lowest BCUT2D eigenvalue weighted by molar-refractivity contribution is -0.124. The SMILES string of the molecule is CC1(C(O)(c2ccc(Br)cc2)c2cncc(N3CCCC3)c2)CN(C(=O)O)C1. The average Bonchev–Trinajstić information content (AvgIpc) is 3.20. The molecule has 2 fully saturated rings. The second-order valence-corrected chi connectivity index (χ2v) is 8.96. The van der Waals surface area contributed by atoms with Gasteiger partial charge >= 0.3 is 6.09 Å². The number of carbonyl (C=O) groups is 1. The summed E-state index contributed by atoms with van der Waals surface area (Å²) in [5.41, 5.74) is 0.450. The van der Waals surface area contributed by atoms with Gasteiger partial charge in [0, 0.05) is 47.8 Å². The molecule has 0 radical (unpaired) electrons. The van der Waals surface area contributed by atoms with Gasteiger partial charge in [-0.15, -0.1) is 0 Å². The highest BCUT2D eigenvalue weighted by Crippen LogP contribution is 2.51. The molecule has 1 aromatic carbocycles. The van der Waals surface area contributed by atoms with E-state index in [1.807, 2.05) is 43.5 Å². The first-order valence-corrected chi connectivity index (χ1v) is 10.3. The van der Waals surface area contributed by atoms with Gasteiger partial charge in [0.25, 0.3) is 0 Å². The predicted octanol–water partition coefficient (Wildman–Crippen LogP) is 3.68. The van der Waals surface area contributed by atoms with Crippen LogP contribution in [0.15, 0.2) is 47.2 Å². The molecule has 6 nitrogen and oxygen atoms in total. The smallest absolute Gasteiger partial charge is 0.407 e. The van der Waals surface area contributed by atoms with Gasteiger partial charge in [-0.05, 0) is 36.6 Å². The first kappa shape index (κ1) is 19.2. The van der Waals surface area contributed by atoms with Crippen LogP contribution in [0, 0.1) is 5.41 Å². The van der Waals surface area contributed by atoms with E-state index in [0.717, 1.165) is 41.7 Å². The molecule has 2 N–H and O–H groups in total. The van der Waals surface area contributed by atoms with E-state index >= 15 is 0 Å². The number of carboxylic acid groups (broad SMARTS) is 1. The molecule has 0 bridgehead atoms. The summed E-state index contributed by atoms with van der Waals surface area (Å²) < 4.78 is 0.925. The van der Waals surface area contributed by atoms with E-state index in [0.29, 0.717) is 5.56 Å². The lowest BCUT2D eigenvalue weighted by Gasteiger charge is -2.55. The van der Waals surface area contributed by atoms with Crippen LogP contribution in [0.25, 0.3) is 0 Å². The van der Waals surface area contributed by atoms with Crippen LogP contribution in [-0.4, -0.2) is 52.4 Å². The number of benzene rings is 1.